The van der Waals surface area contributed by atoms with Gasteiger partial charge in [0.15, 0.2) is 0 Å². The van der Waals surface area contributed by atoms with Crippen LogP contribution in [0.5, 0.6) is 11.5 Å². The Morgan fingerprint density at radius 3 is 2.40 bits per heavy atom. The number of hydrogen-bond donors (Lipinski definition) is 3. The lowest BCUT2D eigenvalue weighted by atomic mass is 10.0. The summed E-state index contributed by atoms with van der Waals surface area (Å²) in [7, 11) is 1.27. The molecule has 1 rings (SSSR count). The average molecular weight is 211 g/mol. The second-order valence-corrected chi connectivity index (χ2v) is 3.17. The van der Waals surface area contributed by atoms with Crippen molar-refractivity contribution in [2.75, 3.05) is 7.11 Å². The Morgan fingerprint density at radius 1 is 1.40 bits per heavy atom. The van der Waals surface area contributed by atoms with Crippen molar-refractivity contribution < 1.29 is 19.7 Å². The van der Waals surface area contributed by atoms with Crippen LogP contribution in [0, 0.1) is 0 Å². The highest BCUT2D eigenvalue weighted by Gasteiger charge is 2.13. The summed E-state index contributed by atoms with van der Waals surface area (Å²) in [6, 6.07) is 3.38. The molecule has 82 valence electrons. The monoisotopic (exact) mass is 211 g/mol. The van der Waals surface area contributed by atoms with Crippen LogP contribution < -0.4 is 5.73 Å². The van der Waals surface area contributed by atoms with E-state index < -0.39 is 12.0 Å². The molecular formula is C10H13NO4. The van der Waals surface area contributed by atoms with E-state index in [4.69, 9.17) is 5.73 Å². The van der Waals surface area contributed by atoms with Crippen molar-refractivity contribution in [3.8, 4) is 11.5 Å². The second-order valence-electron chi connectivity index (χ2n) is 3.17. The van der Waals surface area contributed by atoms with Gasteiger partial charge in [0.1, 0.15) is 11.5 Å². The zero-order valence-electron chi connectivity index (χ0n) is 8.30. The number of aromatic hydroxyl groups is 2. The molecule has 5 heteroatoms. The van der Waals surface area contributed by atoms with Crippen molar-refractivity contribution in [2.24, 2.45) is 5.73 Å². The standard InChI is InChI=1S/C10H13NO4/c1-15-10(14)5-9(11)6-2-7(12)4-8(13)3-6/h2-4,9,12-13H,5,11H2,1H3/t9-/m0/s1. The first-order chi connectivity index (χ1) is 7.02. The highest BCUT2D eigenvalue weighted by Crippen LogP contribution is 2.25. The molecular weight excluding hydrogens is 198 g/mol. The van der Waals surface area contributed by atoms with Crippen LogP contribution in [-0.4, -0.2) is 23.3 Å². The molecule has 0 aliphatic carbocycles. The van der Waals surface area contributed by atoms with Gasteiger partial charge in [-0.2, -0.15) is 0 Å². The molecule has 0 amide bonds. The van der Waals surface area contributed by atoms with E-state index in [0.29, 0.717) is 5.56 Å². The first kappa shape index (κ1) is 11.3. The molecule has 0 radical (unpaired) electrons. The fourth-order valence-corrected chi connectivity index (χ4v) is 1.21. The number of methoxy groups -OCH3 is 1. The van der Waals surface area contributed by atoms with Crippen LogP contribution in [-0.2, 0) is 9.53 Å². The number of phenolic OH excluding ortho intramolecular Hbond substituents is 2. The van der Waals surface area contributed by atoms with Crippen LogP contribution in [0.15, 0.2) is 18.2 Å². The number of ether oxygens (including phenoxy) is 1. The Balaban J connectivity index is 2.81. The first-order valence-electron chi connectivity index (χ1n) is 4.38. The van der Waals surface area contributed by atoms with Gasteiger partial charge in [-0.15, -0.1) is 0 Å². The van der Waals surface area contributed by atoms with Crippen molar-refractivity contribution in [2.45, 2.75) is 12.5 Å². The molecule has 1 aromatic carbocycles. The van der Waals surface area contributed by atoms with E-state index in [1.165, 1.54) is 25.3 Å². The SMILES string of the molecule is COC(=O)C[C@H](N)c1cc(O)cc(O)c1. The summed E-state index contributed by atoms with van der Waals surface area (Å²) in [5.74, 6) is -0.624. The minimum atomic E-state index is -0.601. The van der Waals surface area contributed by atoms with Crippen molar-refractivity contribution in [1.82, 2.24) is 0 Å². The molecule has 0 spiro atoms. The topological polar surface area (TPSA) is 92.8 Å². The zero-order valence-corrected chi connectivity index (χ0v) is 8.30. The number of benzene rings is 1. The Kier molecular flexibility index (Phi) is 3.51. The number of carbonyl (C=O) groups excluding carboxylic acids is 1. The fraction of sp³-hybridized carbons (Fsp3) is 0.300. The van der Waals surface area contributed by atoms with Gasteiger partial charge in [0, 0.05) is 12.1 Å². The third-order valence-corrected chi connectivity index (χ3v) is 1.97. The van der Waals surface area contributed by atoms with Gasteiger partial charge in [-0.1, -0.05) is 0 Å². The number of nitrogens with two attached hydrogens (primary N) is 1. The zero-order chi connectivity index (χ0) is 11.4. The lowest BCUT2D eigenvalue weighted by molar-refractivity contribution is -0.141. The van der Waals surface area contributed by atoms with E-state index in [1.54, 1.807) is 0 Å². The van der Waals surface area contributed by atoms with Crippen LogP contribution >= 0.6 is 0 Å². The molecule has 0 fully saturated rings. The molecule has 0 saturated carbocycles. The molecule has 0 unspecified atom stereocenters. The van der Waals surface area contributed by atoms with Gasteiger partial charge >= 0.3 is 5.97 Å². The predicted octanol–water partition coefficient (Wildman–Crippen LogP) is 0.661. The smallest absolute Gasteiger partial charge is 0.307 e. The highest BCUT2D eigenvalue weighted by molar-refractivity contribution is 5.70. The largest absolute Gasteiger partial charge is 0.508 e. The quantitative estimate of drug-likeness (QED) is 0.639. The maximum atomic E-state index is 10.9. The number of hydrogen-bond acceptors (Lipinski definition) is 5. The van der Waals surface area contributed by atoms with Crippen molar-refractivity contribution in [3.63, 3.8) is 0 Å². The van der Waals surface area contributed by atoms with Gasteiger partial charge < -0.3 is 20.7 Å². The van der Waals surface area contributed by atoms with E-state index in [-0.39, 0.29) is 17.9 Å². The lowest BCUT2D eigenvalue weighted by Gasteiger charge is -2.11. The van der Waals surface area contributed by atoms with Crippen LogP contribution in [0.25, 0.3) is 0 Å². The Morgan fingerprint density at radius 2 is 1.93 bits per heavy atom. The van der Waals surface area contributed by atoms with Crippen LogP contribution in [0.4, 0.5) is 0 Å². The average Bonchev–Trinajstić information content (AvgIpc) is 2.16. The molecule has 0 aliphatic rings. The van der Waals surface area contributed by atoms with Gasteiger partial charge in [0.05, 0.1) is 13.5 Å². The Bertz CT molecular complexity index is 344. The van der Waals surface area contributed by atoms with Crippen molar-refractivity contribution in [3.05, 3.63) is 23.8 Å². The van der Waals surface area contributed by atoms with Gasteiger partial charge in [-0.05, 0) is 17.7 Å². The fourth-order valence-electron chi connectivity index (χ4n) is 1.21. The highest BCUT2D eigenvalue weighted by atomic mass is 16.5. The van der Waals surface area contributed by atoms with E-state index >= 15 is 0 Å². The summed E-state index contributed by atoms with van der Waals surface area (Å²) in [6.07, 6.45) is -0.000602. The maximum Gasteiger partial charge on any atom is 0.307 e. The number of phenols is 2. The van der Waals surface area contributed by atoms with E-state index in [2.05, 4.69) is 4.74 Å². The van der Waals surface area contributed by atoms with E-state index in [1.807, 2.05) is 0 Å². The van der Waals surface area contributed by atoms with Crippen LogP contribution in [0.1, 0.15) is 18.0 Å². The summed E-state index contributed by atoms with van der Waals surface area (Å²) in [4.78, 5) is 10.9. The van der Waals surface area contributed by atoms with E-state index in [0.717, 1.165) is 0 Å². The summed E-state index contributed by atoms with van der Waals surface area (Å²) in [5.41, 5.74) is 6.17. The summed E-state index contributed by atoms with van der Waals surface area (Å²) < 4.78 is 4.46. The molecule has 1 aromatic rings. The molecule has 1 atom stereocenters. The van der Waals surface area contributed by atoms with Gasteiger partial charge in [0.2, 0.25) is 0 Å². The minimum Gasteiger partial charge on any atom is -0.508 e. The lowest BCUT2D eigenvalue weighted by Crippen LogP contribution is -2.16. The van der Waals surface area contributed by atoms with E-state index in [9.17, 15) is 15.0 Å². The van der Waals surface area contributed by atoms with Crippen molar-refractivity contribution in [1.29, 1.82) is 0 Å². The van der Waals surface area contributed by atoms with Gasteiger partial charge in [-0.25, -0.2) is 0 Å². The third-order valence-electron chi connectivity index (χ3n) is 1.97. The summed E-state index contributed by atoms with van der Waals surface area (Å²) in [5, 5.41) is 18.4. The maximum absolute atomic E-state index is 10.9. The Hall–Kier alpha value is -1.75. The molecule has 0 aromatic heterocycles. The Labute approximate surface area is 87.1 Å². The molecule has 0 bridgehead atoms. The number of carbonyl (C=O) groups is 1. The molecule has 4 N–H and O–H groups in total. The molecule has 0 heterocycles. The molecule has 0 aliphatic heterocycles. The number of esters is 1. The molecule has 0 saturated heterocycles. The van der Waals surface area contributed by atoms with Gasteiger partial charge in [0.25, 0.3) is 0 Å². The predicted molar refractivity (Wildman–Crippen MR) is 53.3 cm³/mol. The van der Waals surface area contributed by atoms with Crippen LogP contribution in [0.3, 0.4) is 0 Å². The van der Waals surface area contributed by atoms with Crippen molar-refractivity contribution >= 4 is 5.97 Å². The van der Waals surface area contributed by atoms with Crippen LogP contribution in [0.2, 0.25) is 0 Å². The summed E-state index contributed by atoms with van der Waals surface area (Å²) >= 11 is 0. The first-order valence-corrected chi connectivity index (χ1v) is 4.38. The molecule has 15 heavy (non-hydrogen) atoms. The third kappa shape index (κ3) is 3.14. The molecule has 5 nitrogen and oxygen atoms in total. The number of rotatable bonds is 3. The second kappa shape index (κ2) is 4.65. The minimum absolute atomic E-state index is 0.000602. The van der Waals surface area contributed by atoms with Gasteiger partial charge in [-0.3, -0.25) is 4.79 Å². The normalized spacial score (nSPS) is 12.1. The summed E-state index contributed by atoms with van der Waals surface area (Å²) in [6.45, 7) is 0.